The summed E-state index contributed by atoms with van der Waals surface area (Å²) >= 11 is 2.30. The maximum absolute atomic E-state index is 6.12. The first-order valence-electron chi connectivity index (χ1n) is 6.47. The van der Waals surface area contributed by atoms with Crippen molar-refractivity contribution in [3.8, 4) is 5.75 Å². The summed E-state index contributed by atoms with van der Waals surface area (Å²) in [5, 5.41) is 3.35. The molecule has 1 atom stereocenters. The number of nitrogens with one attached hydrogen (secondary N) is 1. The van der Waals surface area contributed by atoms with Gasteiger partial charge in [-0.2, -0.15) is 0 Å². The van der Waals surface area contributed by atoms with Gasteiger partial charge >= 0.3 is 0 Å². The van der Waals surface area contributed by atoms with Crippen LogP contribution in [0.2, 0.25) is 0 Å². The van der Waals surface area contributed by atoms with Gasteiger partial charge in [-0.25, -0.2) is 0 Å². The van der Waals surface area contributed by atoms with Gasteiger partial charge in [0.1, 0.15) is 11.9 Å². The van der Waals surface area contributed by atoms with Gasteiger partial charge in [-0.1, -0.05) is 43.3 Å². The van der Waals surface area contributed by atoms with Crippen molar-refractivity contribution in [1.29, 1.82) is 0 Å². The zero-order valence-corrected chi connectivity index (χ0v) is 13.1. The van der Waals surface area contributed by atoms with Crippen molar-refractivity contribution in [2.75, 3.05) is 13.1 Å². The van der Waals surface area contributed by atoms with Gasteiger partial charge in [0.15, 0.2) is 0 Å². The summed E-state index contributed by atoms with van der Waals surface area (Å²) in [7, 11) is 0. The first-order chi connectivity index (χ1) is 9.29. The van der Waals surface area contributed by atoms with Gasteiger partial charge in [0, 0.05) is 10.1 Å². The zero-order chi connectivity index (χ0) is 13.5. The van der Waals surface area contributed by atoms with E-state index in [2.05, 4.69) is 59.1 Å². The molecular formula is C16H18INO. The first kappa shape index (κ1) is 14.3. The lowest BCUT2D eigenvalue weighted by Gasteiger charge is -2.20. The Morgan fingerprint density at radius 1 is 1.11 bits per heavy atom. The summed E-state index contributed by atoms with van der Waals surface area (Å²) in [5.41, 5.74) is 1.20. The molecule has 0 aromatic heterocycles. The third kappa shape index (κ3) is 4.51. The fourth-order valence-electron chi connectivity index (χ4n) is 1.88. The molecule has 1 unspecified atom stereocenters. The number of hydrogen-bond acceptors (Lipinski definition) is 2. The molecule has 0 fully saturated rings. The molecule has 0 amide bonds. The molecule has 0 radical (unpaired) electrons. The molecule has 0 aliphatic heterocycles. The van der Waals surface area contributed by atoms with Crippen LogP contribution < -0.4 is 10.1 Å². The van der Waals surface area contributed by atoms with Gasteiger partial charge in [-0.05, 0) is 52.9 Å². The van der Waals surface area contributed by atoms with Gasteiger partial charge in [0.2, 0.25) is 0 Å². The van der Waals surface area contributed by atoms with Crippen LogP contribution >= 0.6 is 22.6 Å². The second kappa shape index (κ2) is 7.50. The molecule has 3 heteroatoms. The molecule has 100 valence electrons. The molecule has 0 heterocycles. The monoisotopic (exact) mass is 367 g/mol. The van der Waals surface area contributed by atoms with E-state index < -0.39 is 0 Å². The Labute approximate surface area is 128 Å². The van der Waals surface area contributed by atoms with E-state index in [1.165, 1.54) is 9.13 Å². The average molecular weight is 367 g/mol. The number of halogens is 1. The van der Waals surface area contributed by atoms with Crippen LogP contribution in [-0.4, -0.2) is 13.1 Å². The number of hydrogen-bond donors (Lipinski definition) is 1. The van der Waals surface area contributed by atoms with Crippen LogP contribution in [0.15, 0.2) is 54.6 Å². The fraction of sp³-hybridized carbons (Fsp3) is 0.250. The Balaban J connectivity index is 2.14. The van der Waals surface area contributed by atoms with E-state index in [1.54, 1.807) is 0 Å². The number of benzene rings is 2. The van der Waals surface area contributed by atoms with Crippen LogP contribution in [0, 0.1) is 3.57 Å². The largest absolute Gasteiger partial charge is 0.484 e. The molecule has 2 aromatic carbocycles. The summed E-state index contributed by atoms with van der Waals surface area (Å²) in [4.78, 5) is 0. The second-order valence-corrected chi connectivity index (χ2v) is 5.53. The highest BCUT2D eigenvalue weighted by molar-refractivity contribution is 14.1. The Morgan fingerprint density at radius 3 is 2.58 bits per heavy atom. The summed E-state index contributed by atoms with van der Waals surface area (Å²) in [6.07, 6.45) is 0.0411. The van der Waals surface area contributed by atoms with Crippen LogP contribution in [0.25, 0.3) is 0 Å². The van der Waals surface area contributed by atoms with Crippen molar-refractivity contribution in [3.63, 3.8) is 0 Å². The Morgan fingerprint density at radius 2 is 1.89 bits per heavy atom. The van der Waals surface area contributed by atoms with Crippen molar-refractivity contribution in [2.45, 2.75) is 13.0 Å². The third-order valence-corrected chi connectivity index (χ3v) is 3.50. The minimum absolute atomic E-state index is 0.0411. The van der Waals surface area contributed by atoms with Crippen LogP contribution in [0.4, 0.5) is 0 Å². The summed E-state index contributed by atoms with van der Waals surface area (Å²) in [6, 6.07) is 18.5. The van der Waals surface area contributed by atoms with Crippen molar-refractivity contribution < 1.29 is 4.74 Å². The molecular weight excluding hydrogens is 349 g/mol. The highest BCUT2D eigenvalue weighted by atomic mass is 127. The summed E-state index contributed by atoms with van der Waals surface area (Å²) in [6.45, 7) is 3.86. The van der Waals surface area contributed by atoms with Gasteiger partial charge in [-0.3, -0.25) is 0 Å². The molecule has 0 saturated carbocycles. The highest BCUT2D eigenvalue weighted by Gasteiger charge is 2.12. The van der Waals surface area contributed by atoms with Gasteiger partial charge in [-0.15, -0.1) is 0 Å². The van der Waals surface area contributed by atoms with Crippen LogP contribution in [0.5, 0.6) is 5.75 Å². The molecule has 2 nitrogen and oxygen atoms in total. The van der Waals surface area contributed by atoms with E-state index >= 15 is 0 Å². The Bertz CT molecular complexity index is 501. The minimum atomic E-state index is 0.0411. The number of rotatable bonds is 6. The lowest BCUT2D eigenvalue weighted by Crippen LogP contribution is -2.24. The minimum Gasteiger partial charge on any atom is -0.484 e. The standard InChI is InChI=1S/C16H18INO/c1-2-18-12-16(13-7-4-3-5-8-13)19-15-10-6-9-14(17)11-15/h3-11,16,18H,2,12H2,1H3. The molecule has 0 aliphatic carbocycles. The van der Waals surface area contributed by atoms with E-state index in [0.29, 0.717) is 0 Å². The molecule has 2 rings (SSSR count). The summed E-state index contributed by atoms with van der Waals surface area (Å²) in [5.74, 6) is 0.915. The second-order valence-electron chi connectivity index (χ2n) is 4.28. The predicted octanol–water partition coefficient (Wildman–Crippen LogP) is 4.02. The normalized spacial score (nSPS) is 12.1. The fourth-order valence-corrected chi connectivity index (χ4v) is 2.39. The molecule has 0 bridgehead atoms. The van der Waals surface area contributed by atoms with Gasteiger partial charge in [0.05, 0.1) is 0 Å². The molecule has 1 N–H and O–H groups in total. The predicted molar refractivity (Wildman–Crippen MR) is 87.5 cm³/mol. The quantitative estimate of drug-likeness (QED) is 0.779. The van der Waals surface area contributed by atoms with Crippen LogP contribution in [-0.2, 0) is 0 Å². The summed E-state index contributed by atoms with van der Waals surface area (Å²) < 4.78 is 7.30. The molecule has 2 aromatic rings. The number of likely N-dealkylation sites (N-methyl/N-ethyl adjacent to an activating group) is 1. The van der Waals surface area contributed by atoms with E-state index in [9.17, 15) is 0 Å². The number of ether oxygens (including phenoxy) is 1. The topological polar surface area (TPSA) is 21.3 Å². The maximum atomic E-state index is 6.12. The highest BCUT2D eigenvalue weighted by Crippen LogP contribution is 2.23. The van der Waals surface area contributed by atoms with Gasteiger partial charge in [0.25, 0.3) is 0 Å². The Kier molecular flexibility index (Phi) is 5.66. The maximum Gasteiger partial charge on any atom is 0.136 e. The van der Waals surface area contributed by atoms with Crippen molar-refractivity contribution in [2.24, 2.45) is 0 Å². The molecule has 0 saturated heterocycles. The van der Waals surface area contributed by atoms with Crippen LogP contribution in [0.1, 0.15) is 18.6 Å². The lowest BCUT2D eigenvalue weighted by atomic mass is 10.1. The molecule has 0 spiro atoms. The lowest BCUT2D eigenvalue weighted by molar-refractivity contribution is 0.202. The van der Waals surface area contributed by atoms with Crippen molar-refractivity contribution >= 4 is 22.6 Å². The van der Waals surface area contributed by atoms with E-state index in [0.717, 1.165) is 18.8 Å². The smallest absolute Gasteiger partial charge is 0.136 e. The van der Waals surface area contributed by atoms with Gasteiger partial charge < -0.3 is 10.1 Å². The van der Waals surface area contributed by atoms with Crippen molar-refractivity contribution in [1.82, 2.24) is 5.32 Å². The van der Waals surface area contributed by atoms with E-state index in [1.807, 2.05) is 30.3 Å². The molecule has 19 heavy (non-hydrogen) atoms. The first-order valence-corrected chi connectivity index (χ1v) is 7.55. The van der Waals surface area contributed by atoms with Crippen LogP contribution in [0.3, 0.4) is 0 Å². The average Bonchev–Trinajstić information content (AvgIpc) is 2.44. The van der Waals surface area contributed by atoms with E-state index in [-0.39, 0.29) is 6.10 Å². The SMILES string of the molecule is CCNCC(Oc1cccc(I)c1)c1ccccc1. The zero-order valence-electron chi connectivity index (χ0n) is 11.0. The third-order valence-electron chi connectivity index (χ3n) is 2.83. The van der Waals surface area contributed by atoms with E-state index in [4.69, 9.17) is 4.74 Å². The Hall–Kier alpha value is -1.07. The van der Waals surface area contributed by atoms with Crippen molar-refractivity contribution in [3.05, 3.63) is 63.7 Å². The molecule has 0 aliphatic rings.